The van der Waals surface area contributed by atoms with E-state index in [9.17, 15) is 24.3 Å². The number of aliphatic hydroxyl groups excluding tert-OH is 1. The Kier molecular flexibility index (Phi) is 9.16. The zero-order valence-corrected chi connectivity index (χ0v) is 15.9. The predicted octanol–water partition coefficient (Wildman–Crippen LogP) is -0.195. The number of rotatable bonds is 8. The van der Waals surface area contributed by atoms with Crippen molar-refractivity contribution >= 4 is 23.8 Å². The Labute approximate surface area is 157 Å². The maximum absolute atomic E-state index is 11.9. The van der Waals surface area contributed by atoms with Gasteiger partial charge in [0, 0.05) is 26.2 Å². The van der Waals surface area contributed by atoms with Crippen LogP contribution < -0.4 is 5.32 Å². The van der Waals surface area contributed by atoms with Gasteiger partial charge in [-0.1, -0.05) is 20.8 Å². The van der Waals surface area contributed by atoms with Crippen LogP contribution in [0.1, 0.15) is 47.0 Å². The SMILES string of the molecule is CCC(=O)OC[C@H]1O[C@H](O)[C@H](NC(C)=O)[C@@H](OC(=O)CC)[C@@H]1OC(=O)CC. The molecule has 154 valence electrons. The van der Waals surface area contributed by atoms with Gasteiger partial charge in [-0.05, 0) is 0 Å². The minimum absolute atomic E-state index is 0.0319. The van der Waals surface area contributed by atoms with Crippen LogP contribution in [0.3, 0.4) is 0 Å². The molecule has 1 rings (SSSR count). The highest BCUT2D eigenvalue weighted by Gasteiger charge is 2.50. The molecule has 1 fully saturated rings. The van der Waals surface area contributed by atoms with Gasteiger partial charge in [0.1, 0.15) is 18.8 Å². The van der Waals surface area contributed by atoms with Crippen LogP contribution in [-0.2, 0) is 38.1 Å². The Bertz CT molecular complexity index is 551. The van der Waals surface area contributed by atoms with E-state index in [-0.39, 0.29) is 25.9 Å². The van der Waals surface area contributed by atoms with E-state index in [4.69, 9.17) is 18.9 Å². The third-order valence-electron chi connectivity index (χ3n) is 3.85. The summed E-state index contributed by atoms with van der Waals surface area (Å²) in [5, 5.41) is 12.7. The van der Waals surface area contributed by atoms with E-state index in [1.807, 2.05) is 0 Å². The number of ether oxygens (including phenoxy) is 4. The molecule has 10 heteroatoms. The van der Waals surface area contributed by atoms with Gasteiger partial charge in [-0.15, -0.1) is 0 Å². The molecule has 0 bridgehead atoms. The maximum Gasteiger partial charge on any atom is 0.306 e. The molecule has 0 aromatic heterocycles. The van der Waals surface area contributed by atoms with Crippen molar-refractivity contribution < 1.29 is 43.2 Å². The Morgan fingerprint density at radius 1 is 0.926 bits per heavy atom. The van der Waals surface area contributed by atoms with E-state index >= 15 is 0 Å². The summed E-state index contributed by atoms with van der Waals surface area (Å²) < 4.78 is 21.1. The van der Waals surface area contributed by atoms with Crippen molar-refractivity contribution in [3.63, 3.8) is 0 Å². The van der Waals surface area contributed by atoms with Gasteiger partial charge in [0.15, 0.2) is 18.5 Å². The summed E-state index contributed by atoms with van der Waals surface area (Å²) in [7, 11) is 0. The molecular weight excluding hydrogens is 362 g/mol. The van der Waals surface area contributed by atoms with Crippen molar-refractivity contribution in [1.82, 2.24) is 5.32 Å². The number of amides is 1. The monoisotopic (exact) mass is 389 g/mol. The second kappa shape index (κ2) is 10.8. The molecule has 2 N–H and O–H groups in total. The first kappa shape index (κ1) is 22.8. The van der Waals surface area contributed by atoms with E-state index in [2.05, 4.69) is 5.32 Å². The molecule has 10 nitrogen and oxygen atoms in total. The lowest BCUT2D eigenvalue weighted by atomic mass is 9.96. The number of carbonyl (C=O) groups excluding carboxylic acids is 4. The largest absolute Gasteiger partial charge is 0.463 e. The van der Waals surface area contributed by atoms with Crippen LogP contribution in [0.4, 0.5) is 0 Å². The molecular formula is C17H27NO9. The van der Waals surface area contributed by atoms with Crippen LogP contribution in [-0.4, -0.2) is 66.2 Å². The molecule has 0 aromatic rings. The number of hydrogen-bond acceptors (Lipinski definition) is 9. The van der Waals surface area contributed by atoms with Crippen LogP contribution in [0.25, 0.3) is 0 Å². The Hall–Kier alpha value is -2.20. The molecule has 0 radical (unpaired) electrons. The van der Waals surface area contributed by atoms with E-state index in [0.717, 1.165) is 0 Å². The van der Waals surface area contributed by atoms with Crippen molar-refractivity contribution in [3.8, 4) is 0 Å². The fourth-order valence-corrected chi connectivity index (χ4v) is 2.47. The second-order valence-electron chi connectivity index (χ2n) is 5.94. The zero-order valence-electron chi connectivity index (χ0n) is 15.9. The third kappa shape index (κ3) is 6.79. The normalized spacial score (nSPS) is 27.4. The topological polar surface area (TPSA) is 137 Å². The average Bonchev–Trinajstić information content (AvgIpc) is 2.64. The molecule has 5 atom stereocenters. The fourth-order valence-electron chi connectivity index (χ4n) is 2.47. The summed E-state index contributed by atoms with van der Waals surface area (Å²) in [5.41, 5.74) is 0. The van der Waals surface area contributed by atoms with E-state index in [0.29, 0.717) is 0 Å². The Morgan fingerprint density at radius 3 is 1.93 bits per heavy atom. The first-order valence-corrected chi connectivity index (χ1v) is 8.88. The van der Waals surface area contributed by atoms with Crippen LogP contribution in [0.15, 0.2) is 0 Å². The highest BCUT2D eigenvalue weighted by Crippen LogP contribution is 2.26. The summed E-state index contributed by atoms with van der Waals surface area (Å²) in [4.78, 5) is 46.6. The van der Waals surface area contributed by atoms with E-state index in [1.54, 1.807) is 20.8 Å². The molecule has 0 unspecified atom stereocenters. The number of esters is 3. The molecule has 27 heavy (non-hydrogen) atoms. The first-order valence-electron chi connectivity index (χ1n) is 8.88. The highest BCUT2D eigenvalue weighted by molar-refractivity contribution is 5.74. The second-order valence-corrected chi connectivity index (χ2v) is 5.94. The molecule has 1 aliphatic heterocycles. The summed E-state index contributed by atoms with van der Waals surface area (Å²) in [5.74, 6) is -2.24. The van der Waals surface area contributed by atoms with E-state index < -0.39 is 54.5 Å². The molecule has 0 aliphatic carbocycles. The molecule has 1 amide bonds. The van der Waals surface area contributed by atoms with E-state index in [1.165, 1.54) is 6.92 Å². The predicted molar refractivity (Wildman–Crippen MR) is 90.1 cm³/mol. The van der Waals surface area contributed by atoms with Gasteiger partial charge in [0.05, 0.1) is 0 Å². The van der Waals surface area contributed by atoms with Crippen molar-refractivity contribution in [3.05, 3.63) is 0 Å². The number of hydrogen-bond donors (Lipinski definition) is 2. The van der Waals surface area contributed by atoms with Gasteiger partial charge >= 0.3 is 17.9 Å². The fraction of sp³-hybridized carbons (Fsp3) is 0.765. The summed E-state index contributed by atoms with van der Waals surface area (Å²) in [6, 6.07) is -1.16. The van der Waals surface area contributed by atoms with Gasteiger partial charge in [-0.2, -0.15) is 0 Å². The Balaban J connectivity index is 3.15. The Morgan fingerprint density at radius 2 is 1.44 bits per heavy atom. The van der Waals surface area contributed by atoms with Gasteiger partial charge < -0.3 is 29.4 Å². The molecule has 1 heterocycles. The molecule has 1 aliphatic rings. The van der Waals surface area contributed by atoms with Crippen LogP contribution >= 0.6 is 0 Å². The minimum atomic E-state index is -1.56. The summed E-state index contributed by atoms with van der Waals surface area (Å²) in [6.45, 7) is 5.64. The summed E-state index contributed by atoms with van der Waals surface area (Å²) in [6.07, 6.45) is -4.85. The number of carbonyl (C=O) groups is 4. The number of aliphatic hydroxyl groups is 1. The summed E-state index contributed by atoms with van der Waals surface area (Å²) >= 11 is 0. The van der Waals surface area contributed by atoms with Crippen LogP contribution in [0.5, 0.6) is 0 Å². The van der Waals surface area contributed by atoms with Crippen molar-refractivity contribution in [2.24, 2.45) is 0 Å². The lowest BCUT2D eigenvalue weighted by Crippen LogP contribution is -2.66. The maximum atomic E-state index is 11.9. The number of nitrogens with one attached hydrogen (secondary N) is 1. The smallest absolute Gasteiger partial charge is 0.306 e. The van der Waals surface area contributed by atoms with Gasteiger partial charge in [-0.25, -0.2) is 0 Å². The van der Waals surface area contributed by atoms with Crippen LogP contribution in [0, 0.1) is 0 Å². The van der Waals surface area contributed by atoms with Crippen molar-refractivity contribution in [1.29, 1.82) is 0 Å². The minimum Gasteiger partial charge on any atom is -0.463 e. The average molecular weight is 389 g/mol. The van der Waals surface area contributed by atoms with Crippen molar-refractivity contribution in [2.45, 2.75) is 77.6 Å². The molecule has 1 saturated heterocycles. The lowest BCUT2D eigenvalue weighted by Gasteiger charge is -2.43. The van der Waals surface area contributed by atoms with Crippen molar-refractivity contribution in [2.75, 3.05) is 6.61 Å². The third-order valence-corrected chi connectivity index (χ3v) is 3.85. The van der Waals surface area contributed by atoms with Gasteiger partial charge in [0.25, 0.3) is 0 Å². The standard InChI is InChI=1S/C17H27NO9/c1-5-11(20)24-8-10-15(26-12(21)6-2)16(27-13(22)7-3)14(17(23)25-10)18-9(4)19/h10,14-17,23H,5-8H2,1-4H3,(H,18,19)/t10-,14-,15-,16-,17+/m1/s1. The van der Waals surface area contributed by atoms with Crippen LogP contribution in [0.2, 0.25) is 0 Å². The quantitative estimate of drug-likeness (QED) is 0.427. The highest BCUT2D eigenvalue weighted by atomic mass is 16.7. The van der Waals surface area contributed by atoms with Gasteiger partial charge in [0.2, 0.25) is 5.91 Å². The van der Waals surface area contributed by atoms with Gasteiger partial charge in [-0.3, -0.25) is 19.2 Å². The molecule has 0 spiro atoms. The lowest BCUT2D eigenvalue weighted by molar-refractivity contribution is -0.265. The zero-order chi connectivity index (χ0) is 20.6. The molecule has 0 saturated carbocycles. The molecule has 0 aromatic carbocycles. The first-order chi connectivity index (χ1) is 12.7.